The molecule has 2 aromatic heterocycles. The number of carbonyl (C=O) groups excluding carboxylic acids is 2. The predicted molar refractivity (Wildman–Crippen MR) is 121 cm³/mol. The van der Waals surface area contributed by atoms with Gasteiger partial charge in [0.1, 0.15) is 0 Å². The highest BCUT2D eigenvalue weighted by Gasteiger charge is 2.13. The zero-order chi connectivity index (χ0) is 21.1. The van der Waals surface area contributed by atoms with Gasteiger partial charge in [0.05, 0.1) is 16.6 Å². The first-order chi connectivity index (χ1) is 14.5. The van der Waals surface area contributed by atoms with Crippen LogP contribution in [0, 0.1) is 13.8 Å². The first-order valence-corrected chi connectivity index (χ1v) is 11.1. The van der Waals surface area contributed by atoms with E-state index in [-0.39, 0.29) is 11.8 Å². The van der Waals surface area contributed by atoms with Gasteiger partial charge < -0.3 is 4.98 Å². The molecule has 0 aliphatic rings. The summed E-state index contributed by atoms with van der Waals surface area (Å²) in [6, 6.07) is 17.0. The van der Waals surface area contributed by atoms with Crippen molar-refractivity contribution in [3.8, 4) is 0 Å². The van der Waals surface area contributed by atoms with Gasteiger partial charge in [-0.25, -0.2) is 4.98 Å². The second-order valence-corrected chi connectivity index (χ2v) is 9.20. The number of H-pyrrole nitrogens is 1. The topological polar surface area (TPSA) is 86.9 Å². The third-order valence-corrected chi connectivity index (χ3v) is 6.44. The Hall–Kier alpha value is -3.10. The first kappa shape index (κ1) is 20.2. The Labute approximate surface area is 182 Å². The maximum Gasteiger partial charge on any atom is 0.270 e. The summed E-state index contributed by atoms with van der Waals surface area (Å²) in [5.41, 5.74) is 9.04. The second-order valence-electron chi connectivity index (χ2n) is 6.78. The Kier molecular flexibility index (Phi) is 5.87. The van der Waals surface area contributed by atoms with Crippen LogP contribution in [-0.4, -0.2) is 21.8 Å². The van der Waals surface area contributed by atoms with Gasteiger partial charge in [0.25, 0.3) is 11.8 Å². The van der Waals surface area contributed by atoms with E-state index in [0.717, 1.165) is 37.3 Å². The lowest BCUT2D eigenvalue weighted by Crippen LogP contribution is -2.41. The molecule has 2 heterocycles. The molecule has 0 radical (unpaired) electrons. The number of para-hydroxylation sites is 2. The van der Waals surface area contributed by atoms with Crippen molar-refractivity contribution in [1.29, 1.82) is 0 Å². The van der Waals surface area contributed by atoms with E-state index in [1.54, 1.807) is 35.2 Å². The van der Waals surface area contributed by atoms with Crippen LogP contribution in [-0.2, 0) is 5.75 Å². The van der Waals surface area contributed by atoms with Crippen LogP contribution < -0.4 is 10.9 Å². The van der Waals surface area contributed by atoms with Crippen LogP contribution in [0.25, 0.3) is 11.0 Å². The molecule has 6 nitrogen and oxygen atoms in total. The molecule has 0 fully saturated rings. The number of aryl methyl sites for hydroxylation is 2. The summed E-state index contributed by atoms with van der Waals surface area (Å²) in [6.07, 6.45) is 0. The number of nitrogens with zero attached hydrogens (tertiary/aromatic N) is 1. The third-order valence-electron chi connectivity index (χ3n) is 4.53. The van der Waals surface area contributed by atoms with Gasteiger partial charge in [0.2, 0.25) is 0 Å². The summed E-state index contributed by atoms with van der Waals surface area (Å²) in [4.78, 5) is 34.4. The van der Waals surface area contributed by atoms with E-state index in [1.807, 2.05) is 56.3 Å². The molecule has 3 N–H and O–H groups in total. The lowest BCUT2D eigenvalue weighted by molar-refractivity contribution is 0.0846. The highest BCUT2D eigenvalue weighted by Crippen LogP contribution is 2.23. The third kappa shape index (κ3) is 4.55. The maximum absolute atomic E-state index is 12.3. The number of nitrogens with one attached hydrogen (secondary N) is 3. The molecule has 0 aliphatic carbocycles. The molecule has 4 rings (SSSR count). The standard InChI is InChI=1S/C22H20N4O2S2/c1-13-11-17(14(2)30-13)21(28)26-25-20(27)16-9-7-15(8-10-16)12-29-22-23-18-5-3-4-6-19(18)24-22/h3-11H,12H2,1-2H3,(H,23,24)(H,25,27)(H,26,28). The molecule has 0 spiro atoms. The maximum atomic E-state index is 12.3. The highest BCUT2D eigenvalue weighted by molar-refractivity contribution is 7.98. The normalized spacial score (nSPS) is 10.9. The number of thiophene rings is 1. The van der Waals surface area contributed by atoms with E-state index >= 15 is 0 Å². The van der Waals surface area contributed by atoms with E-state index in [0.29, 0.717) is 11.1 Å². The SMILES string of the molecule is Cc1cc(C(=O)NNC(=O)c2ccc(CSc3nc4ccccc4[nH]3)cc2)c(C)s1. The molecule has 2 amide bonds. The molecule has 0 aliphatic heterocycles. The Balaban J connectivity index is 1.31. The molecule has 0 atom stereocenters. The Bertz CT molecular complexity index is 1180. The summed E-state index contributed by atoms with van der Waals surface area (Å²) in [5, 5.41) is 0.861. The van der Waals surface area contributed by atoms with Gasteiger partial charge in [-0.2, -0.15) is 0 Å². The number of hydrazine groups is 1. The molecule has 2 aromatic carbocycles. The predicted octanol–water partition coefficient (Wildman–Crippen LogP) is 4.61. The smallest absolute Gasteiger partial charge is 0.270 e. The van der Waals surface area contributed by atoms with Gasteiger partial charge in [-0.1, -0.05) is 36.0 Å². The number of benzene rings is 2. The fourth-order valence-electron chi connectivity index (χ4n) is 3.01. The molecule has 0 unspecified atom stereocenters. The van der Waals surface area contributed by atoms with Crippen molar-refractivity contribution >= 4 is 45.9 Å². The lowest BCUT2D eigenvalue weighted by atomic mass is 10.1. The van der Waals surface area contributed by atoms with Crippen LogP contribution in [0.3, 0.4) is 0 Å². The van der Waals surface area contributed by atoms with E-state index in [1.165, 1.54) is 0 Å². The largest absolute Gasteiger partial charge is 0.333 e. The second kappa shape index (κ2) is 8.73. The van der Waals surface area contributed by atoms with Crippen LogP contribution in [0.15, 0.2) is 59.8 Å². The molecule has 152 valence electrons. The summed E-state index contributed by atoms with van der Waals surface area (Å²) < 4.78 is 0. The zero-order valence-corrected chi connectivity index (χ0v) is 18.1. The van der Waals surface area contributed by atoms with Gasteiger partial charge in [-0.3, -0.25) is 20.4 Å². The van der Waals surface area contributed by atoms with Gasteiger partial charge in [-0.05, 0) is 49.7 Å². The van der Waals surface area contributed by atoms with Crippen molar-refractivity contribution in [1.82, 2.24) is 20.8 Å². The molecule has 4 aromatic rings. The van der Waals surface area contributed by atoms with E-state index < -0.39 is 0 Å². The quantitative estimate of drug-likeness (QED) is 0.315. The van der Waals surface area contributed by atoms with E-state index in [4.69, 9.17) is 0 Å². The van der Waals surface area contributed by atoms with Crippen LogP contribution in [0.4, 0.5) is 0 Å². The molecule has 30 heavy (non-hydrogen) atoms. The fraction of sp³-hybridized carbons (Fsp3) is 0.136. The first-order valence-electron chi connectivity index (χ1n) is 9.34. The monoisotopic (exact) mass is 436 g/mol. The van der Waals surface area contributed by atoms with Crippen LogP contribution in [0.2, 0.25) is 0 Å². The summed E-state index contributed by atoms with van der Waals surface area (Å²) in [6.45, 7) is 3.83. The van der Waals surface area contributed by atoms with Crippen molar-refractivity contribution in [2.75, 3.05) is 0 Å². The zero-order valence-electron chi connectivity index (χ0n) is 16.5. The number of hydrogen-bond acceptors (Lipinski definition) is 5. The number of amides is 2. The number of aromatic amines is 1. The molecular weight excluding hydrogens is 416 g/mol. The lowest BCUT2D eigenvalue weighted by Gasteiger charge is -2.08. The number of hydrogen-bond donors (Lipinski definition) is 3. The minimum Gasteiger partial charge on any atom is -0.333 e. The van der Waals surface area contributed by atoms with Crippen molar-refractivity contribution in [3.05, 3.63) is 81.0 Å². The number of carbonyl (C=O) groups is 2. The van der Waals surface area contributed by atoms with Gasteiger partial charge in [-0.15, -0.1) is 11.3 Å². The minimum atomic E-state index is -0.357. The highest BCUT2D eigenvalue weighted by atomic mass is 32.2. The Morgan fingerprint density at radius 1 is 1.03 bits per heavy atom. The average Bonchev–Trinajstić information content (AvgIpc) is 3.32. The summed E-state index contributed by atoms with van der Waals surface area (Å²) in [7, 11) is 0. The van der Waals surface area contributed by atoms with E-state index in [2.05, 4.69) is 20.8 Å². The van der Waals surface area contributed by atoms with Crippen molar-refractivity contribution < 1.29 is 9.59 Å². The molecule has 0 saturated carbocycles. The molecule has 8 heteroatoms. The number of rotatable bonds is 5. The average molecular weight is 437 g/mol. The van der Waals surface area contributed by atoms with Crippen LogP contribution in [0.1, 0.15) is 36.0 Å². The van der Waals surface area contributed by atoms with Crippen LogP contribution in [0.5, 0.6) is 0 Å². The van der Waals surface area contributed by atoms with Crippen molar-refractivity contribution in [2.45, 2.75) is 24.8 Å². The number of thioether (sulfide) groups is 1. The van der Waals surface area contributed by atoms with Crippen molar-refractivity contribution in [3.63, 3.8) is 0 Å². The fourth-order valence-corrected chi connectivity index (χ4v) is 4.77. The number of aromatic nitrogens is 2. The summed E-state index contributed by atoms with van der Waals surface area (Å²) in [5.74, 6) is 0.0587. The number of fused-ring (bicyclic) bond motifs is 1. The molecule has 0 saturated heterocycles. The Morgan fingerprint density at radius 2 is 1.77 bits per heavy atom. The minimum absolute atomic E-state index is 0.316. The summed E-state index contributed by atoms with van der Waals surface area (Å²) >= 11 is 3.16. The van der Waals surface area contributed by atoms with Crippen molar-refractivity contribution in [2.24, 2.45) is 0 Å². The number of imidazole rings is 1. The van der Waals surface area contributed by atoms with Crippen LogP contribution >= 0.6 is 23.1 Å². The molecule has 0 bridgehead atoms. The molecular formula is C22H20N4O2S2. The van der Waals surface area contributed by atoms with E-state index in [9.17, 15) is 9.59 Å². The van der Waals surface area contributed by atoms with Gasteiger partial charge >= 0.3 is 0 Å². The van der Waals surface area contributed by atoms with Gasteiger partial charge in [0.15, 0.2) is 5.16 Å². The Morgan fingerprint density at radius 3 is 2.47 bits per heavy atom. The van der Waals surface area contributed by atoms with Gasteiger partial charge in [0, 0.05) is 21.1 Å².